The van der Waals surface area contributed by atoms with Gasteiger partial charge in [-0.1, -0.05) is 98.3 Å². The van der Waals surface area contributed by atoms with Crippen molar-refractivity contribution in [1.82, 2.24) is 0 Å². The second-order valence-corrected chi connectivity index (χ2v) is 28.8. The Labute approximate surface area is 288 Å². The summed E-state index contributed by atoms with van der Waals surface area (Å²) in [4.78, 5) is 0. The molecule has 3 aliphatic carbocycles. The molecule has 0 bridgehead atoms. The normalized spacial score (nSPS) is 31.2. The van der Waals surface area contributed by atoms with E-state index in [9.17, 15) is 5.11 Å². The molecule has 1 N–H and O–H groups in total. The number of rotatable bonds is 11. The molecule has 5 heteroatoms. The van der Waals surface area contributed by atoms with Crippen LogP contribution in [-0.2, 0) is 8.85 Å². The van der Waals surface area contributed by atoms with Gasteiger partial charge in [0.1, 0.15) is 0 Å². The molecule has 3 saturated carbocycles. The Hall–Kier alpha value is -0.726. The van der Waals surface area contributed by atoms with Crippen molar-refractivity contribution in [3.05, 3.63) is 47.6 Å². The highest BCUT2D eigenvalue weighted by Crippen LogP contribution is 2.60. The number of fused-ring (bicyclic) bond motifs is 1. The fourth-order valence-corrected chi connectivity index (χ4v) is 10.8. The molecule has 46 heavy (non-hydrogen) atoms. The summed E-state index contributed by atoms with van der Waals surface area (Å²) in [7, 11) is -3.90. The van der Waals surface area contributed by atoms with Crippen molar-refractivity contribution >= 4 is 16.6 Å². The molecule has 3 nitrogen and oxygen atoms in total. The topological polar surface area (TPSA) is 38.7 Å². The summed E-state index contributed by atoms with van der Waals surface area (Å²) in [5, 5.41) is 10.3. The molecule has 0 aliphatic heterocycles. The van der Waals surface area contributed by atoms with Crippen LogP contribution >= 0.6 is 0 Å². The first-order valence-electron chi connectivity index (χ1n) is 18.7. The number of aliphatic hydroxyl groups is 1. The largest absolute Gasteiger partial charge is 0.413 e. The molecule has 0 aromatic rings. The minimum Gasteiger partial charge on any atom is -0.413 e. The van der Waals surface area contributed by atoms with Crippen LogP contribution in [0.25, 0.3) is 0 Å². The van der Waals surface area contributed by atoms with Crippen LogP contribution in [0.4, 0.5) is 0 Å². The van der Waals surface area contributed by atoms with Crippen molar-refractivity contribution in [2.24, 2.45) is 23.2 Å². The van der Waals surface area contributed by atoms with Crippen LogP contribution < -0.4 is 0 Å². The van der Waals surface area contributed by atoms with Gasteiger partial charge in [-0.2, -0.15) is 0 Å². The van der Waals surface area contributed by atoms with Crippen molar-refractivity contribution < 1.29 is 14.0 Å². The molecule has 0 amide bonds. The molecule has 0 spiro atoms. The molecule has 264 valence electrons. The minimum absolute atomic E-state index is 0.0284. The summed E-state index contributed by atoms with van der Waals surface area (Å²) >= 11 is 0. The summed E-state index contributed by atoms with van der Waals surface area (Å²) in [6.45, 7) is 37.1. The molecule has 3 aliphatic rings. The van der Waals surface area contributed by atoms with E-state index in [1.54, 1.807) is 5.57 Å². The second kappa shape index (κ2) is 14.6. The van der Waals surface area contributed by atoms with E-state index in [4.69, 9.17) is 15.4 Å². The molecule has 3 fully saturated rings. The van der Waals surface area contributed by atoms with Gasteiger partial charge in [0.05, 0.1) is 17.8 Å². The molecule has 0 heterocycles. The van der Waals surface area contributed by atoms with E-state index in [1.807, 2.05) is 19.9 Å². The summed E-state index contributed by atoms with van der Waals surface area (Å²) in [5.41, 5.74) is 3.90. The standard InChI is InChI=1S/C41H74O3Si2/c1-30(20-17-16-18-26-40(9,10)42)35-24-25-36-32(21-19-27-41(35,36)11)22-23-33-28-34(43-45(12,13)38(3,4)5)29-37(31(33)2)44-46(14,15)39(6,7)8/h18,22-23,26,30,34-37,42H,2,16-17,19-21,24-25,27-29H2,1,3-15H3/b26-18+,32-22+,33-23-/t30-,34-,35-,36+,37+,41-/m1/s1. The molecule has 0 saturated heterocycles. The highest BCUT2D eigenvalue weighted by molar-refractivity contribution is 6.74. The van der Waals surface area contributed by atoms with Crippen LogP contribution in [-0.4, -0.2) is 39.6 Å². The van der Waals surface area contributed by atoms with E-state index >= 15 is 0 Å². The van der Waals surface area contributed by atoms with Crippen molar-refractivity contribution in [3.63, 3.8) is 0 Å². The van der Waals surface area contributed by atoms with E-state index in [0.717, 1.165) is 31.1 Å². The maximum Gasteiger partial charge on any atom is 0.192 e. The first kappa shape index (κ1) is 39.7. The van der Waals surface area contributed by atoms with Crippen molar-refractivity contribution in [2.75, 3.05) is 0 Å². The maximum atomic E-state index is 9.99. The molecule has 0 unspecified atom stereocenters. The lowest BCUT2D eigenvalue weighted by atomic mass is 9.60. The Kier molecular flexibility index (Phi) is 12.6. The SMILES string of the molecule is C=C1/C(=C\C=C2/CCC[C@]3(C)[C@@H]([C@H](C)CCC/C=C/C(C)(C)O)CC[C@@H]23)C[C@@H](O[Si](C)(C)C(C)(C)C)C[C@@H]1O[Si](C)(C)C(C)(C)C. The average molecular weight is 671 g/mol. The van der Waals surface area contributed by atoms with Gasteiger partial charge in [0, 0.05) is 6.42 Å². The fraction of sp³-hybridized carbons (Fsp3) is 0.805. The zero-order chi connectivity index (χ0) is 34.9. The lowest BCUT2D eigenvalue weighted by Crippen LogP contribution is -2.49. The van der Waals surface area contributed by atoms with Crippen molar-refractivity contribution in [1.29, 1.82) is 0 Å². The Morgan fingerprint density at radius 1 is 0.957 bits per heavy atom. The van der Waals surface area contributed by atoms with E-state index < -0.39 is 22.2 Å². The number of allylic oxidation sites excluding steroid dienone is 4. The molecule has 3 rings (SSSR count). The number of hydrogen-bond acceptors (Lipinski definition) is 3. The van der Waals surface area contributed by atoms with Crippen molar-refractivity contribution in [2.45, 2.75) is 188 Å². The zero-order valence-electron chi connectivity index (χ0n) is 32.7. The molecule has 0 aromatic heterocycles. The minimum atomic E-state index is -1.98. The molecular formula is C41H74O3Si2. The van der Waals surface area contributed by atoms with Gasteiger partial charge in [-0.05, 0) is 136 Å². The maximum absolute atomic E-state index is 9.99. The smallest absolute Gasteiger partial charge is 0.192 e. The first-order chi connectivity index (χ1) is 20.9. The molecule has 0 aromatic carbocycles. The molecular weight excluding hydrogens is 597 g/mol. The van der Waals surface area contributed by atoms with Crippen molar-refractivity contribution in [3.8, 4) is 0 Å². The van der Waals surface area contributed by atoms with Crippen LogP contribution in [0.1, 0.15) is 133 Å². The highest BCUT2D eigenvalue weighted by atomic mass is 28.4. The van der Waals surface area contributed by atoms with E-state index in [2.05, 4.69) is 99.8 Å². The lowest BCUT2D eigenvalue weighted by molar-refractivity contribution is 0.0933. The Bertz CT molecular complexity index is 1140. The predicted molar refractivity (Wildman–Crippen MR) is 205 cm³/mol. The molecule has 6 atom stereocenters. The summed E-state index contributed by atoms with van der Waals surface area (Å²) in [6.07, 6.45) is 21.3. The van der Waals surface area contributed by atoms with Gasteiger partial charge in [-0.25, -0.2) is 0 Å². The van der Waals surface area contributed by atoms with Gasteiger partial charge in [0.25, 0.3) is 0 Å². The monoisotopic (exact) mass is 671 g/mol. The van der Waals surface area contributed by atoms with E-state index in [0.29, 0.717) is 11.3 Å². The van der Waals surface area contributed by atoms with E-state index in [-0.39, 0.29) is 22.3 Å². The van der Waals surface area contributed by atoms with Gasteiger partial charge < -0.3 is 14.0 Å². The average Bonchev–Trinajstić information content (AvgIpc) is 3.24. The van der Waals surface area contributed by atoms with Crippen LogP contribution in [0.3, 0.4) is 0 Å². The van der Waals surface area contributed by atoms with Gasteiger partial charge in [-0.15, -0.1) is 0 Å². The molecule has 0 radical (unpaired) electrons. The van der Waals surface area contributed by atoms with Crippen LogP contribution in [0.15, 0.2) is 47.6 Å². The third-order valence-corrected chi connectivity index (χ3v) is 22.0. The van der Waals surface area contributed by atoms with Crippen LogP contribution in [0.5, 0.6) is 0 Å². The van der Waals surface area contributed by atoms with Crippen LogP contribution in [0.2, 0.25) is 36.3 Å². The first-order valence-corrected chi connectivity index (χ1v) is 24.5. The van der Waals surface area contributed by atoms with Gasteiger partial charge in [0.15, 0.2) is 16.6 Å². The third kappa shape index (κ3) is 9.70. The van der Waals surface area contributed by atoms with Gasteiger partial charge >= 0.3 is 0 Å². The second-order valence-electron chi connectivity index (χ2n) is 19.3. The van der Waals surface area contributed by atoms with E-state index in [1.165, 1.54) is 56.1 Å². The summed E-state index contributed by atoms with van der Waals surface area (Å²) < 4.78 is 14.2. The Balaban J connectivity index is 1.82. The Morgan fingerprint density at radius 3 is 2.15 bits per heavy atom. The number of hydrogen-bond donors (Lipinski definition) is 1. The van der Waals surface area contributed by atoms with Gasteiger partial charge in [-0.3, -0.25) is 0 Å². The zero-order valence-corrected chi connectivity index (χ0v) is 34.7. The fourth-order valence-electron chi connectivity index (χ4n) is 8.11. The summed E-state index contributed by atoms with van der Waals surface area (Å²) in [6, 6.07) is 0. The lowest BCUT2D eigenvalue weighted by Gasteiger charge is -2.46. The third-order valence-electron chi connectivity index (χ3n) is 13.0. The number of unbranched alkanes of at least 4 members (excludes halogenated alkanes) is 1. The van der Waals surface area contributed by atoms with Crippen LogP contribution in [0, 0.1) is 23.2 Å². The predicted octanol–water partition coefficient (Wildman–Crippen LogP) is 12.3. The summed E-state index contributed by atoms with van der Waals surface area (Å²) in [5.74, 6) is 2.22. The highest BCUT2D eigenvalue weighted by Gasteiger charge is 2.50. The Morgan fingerprint density at radius 2 is 1.57 bits per heavy atom. The quantitative estimate of drug-likeness (QED) is 0.135. The van der Waals surface area contributed by atoms with Gasteiger partial charge in [0.2, 0.25) is 0 Å².